The zero-order valence-electron chi connectivity index (χ0n) is 16.8. The number of methoxy groups -OCH3 is 1. The van der Waals surface area contributed by atoms with Crippen molar-refractivity contribution < 1.29 is 9.53 Å². The number of thioether (sulfide) groups is 1. The average Bonchev–Trinajstić information content (AvgIpc) is 2.98. The number of likely N-dealkylation sites (tertiary alicyclic amines) is 1. The molecule has 0 unspecified atom stereocenters. The van der Waals surface area contributed by atoms with Crippen molar-refractivity contribution in [2.45, 2.75) is 36.6 Å². The van der Waals surface area contributed by atoms with E-state index in [1.807, 2.05) is 36.4 Å². The summed E-state index contributed by atoms with van der Waals surface area (Å²) in [6.07, 6.45) is 4.52. The highest BCUT2D eigenvalue weighted by Gasteiger charge is 2.24. The first-order valence-corrected chi connectivity index (χ1v) is 11.0. The van der Waals surface area contributed by atoms with E-state index in [1.54, 1.807) is 7.11 Å². The largest absolute Gasteiger partial charge is 0.497 e. The SMILES string of the molecule is COc1ccc([C@@H]2CCCCCN2CC(=O)Nc2ccccc2SCC#N)cc1. The average molecular weight is 410 g/mol. The van der Waals surface area contributed by atoms with Crippen molar-refractivity contribution in [1.29, 1.82) is 5.26 Å². The number of hydrogen-bond donors (Lipinski definition) is 1. The van der Waals surface area contributed by atoms with Crippen LogP contribution < -0.4 is 10.1 Å². The quantitative estimate of drug-likeness (QED) is 0.661. The fourth-order valence-electron chi connectivity index (χ4n) is 3.74. The van der Waals surface area contributed by atoms with Gasteiger partial charge in [0.1, 0.15) is 5.75 Å². The molecule has 0 aromatic heterocycles. The lowest BCUT2D eigenvalue weighted by molar-refractivity contribution is -0.117. The van der Waals surface area contributed by atoms with E-state index < -0.39 is 0 Å². The van der Waals surface area contributed by atoms with Gasteiger partial charge in [0, 0.05) is 10.9 Å². The summed E-state index contributed by atoms with van der Waals surface area (Å²) in [7, 11) is 1.67. The topological polar surface area (TPSA) is 65.4 Å². The van der Waals surface area contributed by atoms with E-state index in [0.717, 1.165) is 35.7 Å². The summed E-state index contributed by atoms with van der Waals surface area (Å²) in [5, 5.41) is 11.9. The Balaban J connectivity index is 1.70. The Labute approximate surface area is 177 Å². The number of carbonyl (C=O) groups is 1. The monoisotopic (exact) mass is 409 g/mol. The Hall–Kier alpha value is -2.49. The van der Waals surface area contributed by atoms with Crippen LogP contribution in [0.25, 0.3) is 0 Å². The van der Waals surface area contributed by atoms with Crippen LogP contribution >= 0.6 is 11.8 Å². The number of nitrogens with one attached hydrogen (secondary N) is 1. The molecule has 0 saturated carbocycles. The summed E-state index contributed by atoms with van der Waals surface area (Å²) in [5.41, 5.74) is 2.00. The molecule has 152 valence electrons. The third-order valence-corrected chi connectivity index (χ3v) is 6.10. The maximum Gasteiger partial charge on any atom is 0.238 e. The van der Waals surface area contributed by atoms with E-state index in [4.69, 9.17) is 10.00 Å². The molecule has 1 N–H and O–H groups in total. The number of benzene rings is 2. The van der Waals surface area contributed by atoms with Crippen LogP contribution in [0.4, 0.5) is 5.69 Å². The number of nitrogens with zero attached hydrogens (tertiary/aromatic N) is 2. The molecule has 2 aromatic carbocycles. The van der Waals surface area contributed by atoms with Crippen LogP contribution in [0.5, 0.6) is 5.75 Å². The standard InChI is InChI=1S/C23H27N3O2S/c1-28-19-12-10-18(11-13-19)21-8-3-2-6-15-26(21)17-23(27)25-20-7-4-5-9-22(20)29-16-14-24/h4-5,7,9-13,21H,2-3,6,8,15-17H2,1H3,(H,25,27)/t21-/m0/s1. The summed E-state index contributed by atoms with van der Waals surface area (Å²) >= 11 is 1.44. The molecule has 1 atom stereocenters. The highest BCUT2D eigenvalue weighted by Crippen LogP contribution is 2.31. The molecule has 0 radical (unpaired) electrons. The van der Waals surface area contributed by atoms with Gasteiger partial charge < -0.3 is 10.1 Å². The van der Waals surface area contributed by atoms with Crippen LogP contribution in [0.1, 0.15) is 37.3 Å². The molecule has 6 heteroatoms. The van der Waals surface area contributed by atoms with Crippen molar-refractivity contribution in [3.8, 4) is 11.8 Å². The van der Waals surface area contributed by atoms with Gasteiger partial charge in [0.2, 0.25) is 5.91 Å². The van der Waals surface area contributed by atoms with Crippen molar-refractivity contribution in [3.05, 3.63) is 54.1 Å². The van der Waals surface area contributed by atoms with Gasteiger partial charge in [-0.2, -0.15) is 5.26 Å². The molecule has 0 bridgehead atoms. The molecule has 2 aromatic rings. The van der Waals surface area contributed by atoms with Gasteiger partial charge >= 0.3 is 0 Å². The maximum atomic E-state index is 12.8. The normalized spacial score (nSPS) is 17.2. The number of nitriles is 1. The predicted molar refractivity (Wildman–Crippen MR) is 117 cm³/mol. The zero-order chi connectivity index (χ0) is 20.5. The first-order chi connectivity index (χ1) is 14.2. The Kier molecular flexibility index (Phi) is 7.97. The number of anilines is 1. The minimum Gasteiger partial charge on any atom is -0.497 e. The Morgan fingerprint density at radius 3 is 2.76 bits per heavy atom. The smallest absolute Gasteiger partial charge is 0.238 e. The van der Waals surface area contributed by atoms with Crippen molar-refractivity contribution in [2.75, 3.05) is 31.3 Å². The van der Waals surface area contributed by atoms with Crippen molar-refractivity contribution >= 4 is 23.4 Å². The highest BCUT2D eigenvalue weighted by atomic mass is 32.2. The van der Waals surface area contributed by atoms with Crippen molar-refractivity contribution in [2.24, 2.45) is 0 Å². The maximum absolute atomic E-state index is 12.8. The van der Waals surface area contributed by atoms with Crippen LogP contribution in [0.3, 0.4) is 0 Å². The van der Waals surface area contributed by atoms with Crippen LogP contribution in [0, 0.1) is 11.3 Å². The second-order valence-corrected chi connectivity index (χ2v) is 8.12. The number of amides is 1. The summed E-state index contributed by atoms with van der Waals surface area (Å²) in [4.78, 5) is 16.1. The molecule has 1 heterocycles. The van der Waals surface area contributed by atoms with Crippen LogP contribution in [-0.2, 0) is 4.79 Å². The van der Waals surface area contributed by atoms with Gasteiger partial charge in [0.25, 0.3) is 0 Å². The fourth-order valence-corrected chi connectivity index (χ4v) is 4.41. The molecule has 1 saturated heterocycles. The number of rotatable bonds is 7. The van der Waals surface area contributed by atoms with E-state index in [0.29, 0.717) is 12.3 Å². The van der Waals surface area contributed by atoms with Crippen LogP contribution in [0.15, 0.2) is 53.4 Å². The lowest BCUT2D eigenvalue weighted by Gasteiger charge is -2.30. The minimum atomic E-state index is -0.0181. The van der Waals surface area contributed by atoms with Crippen molar-refractivity contribution in [1.82, 2.24) is 4.90 Å². The van der Waals surface area contributed by atoms with Crippen LogP contribution in [-0.4, -0.2) is 36.8 Å². The lowest BCUT2D eigenvalue weighted by Crippen LogP contribution is -2.36. The lowest BCUT2D eigenvalue weighted by atomic mass is 10.0. The molecule has 29 heavy (non-hydrogen) atoms. The van der Waals surface area contributed by atoms with Gasteiger partial charge in [0.05, 0.1) is 31.2 Å². The molecule has 3 rings (SSSR count). The van der Waals surface area contributed by atoms with E-state index >= 15 is 0 Å². The fraction of sp³-hybridized carbons (Fsp3) is 0.391. The number of ether oxygens (including phenoxy) is 1. The second-order valence-electron chi connectivity index (χ2n) is 7.10. The molecule has 1 amide bonds. The minimum absolute atomic E-state index is 0.0181. The first-order valence-electron chi connectivity index (χ1n) is 9.98. The summed E-state index contributed by atoms with van der Waals surface area (Å²) in [6, 6.07) is 18.2. The Bertz CT molecular complexity index is 848. The van der Waals surface area contributed by atoms with E-state index in [9.17, 15) is 4.79 Å². The molecule has 1 fully saturated rings. The molecule has 1 aliphatic rings. The molecular formula is C23H27N3O2S. The summed E-state index contributed by atoms with van der Waals surface area (Å²) in [6.45, 7) is 1.27. The van der Waals surface area contributed by atoms with Gasteiger partial charge in [-0.05, 0) is 49.2 Å². The summed E-state index contributed by atoms with van der Waals surface area (Å²) in [5.74, 6) is 1.19. The molecular weight excluding hydrogens is 382 g/mol. The molecule has 1 aliphatic heterocycles. The third-order valence-electron chi connectivity index (χ3n) is 5.16. The van der Waals surface area contributed by atoms with Gasteiger partial charge in [0.15, 0.2) is 0 Å². The highest BCUT2D eigenvalue weighted by molar-refractivity contribution is 7.99. The zero-order valence-corrected chi connectivity index (χ0v) is 17.6. The predicted octanol–water partition coefficient (Wildman–Crippen LogP) is 4.87. The molecule has 0 aliphatic carbocycles. The number of carbonyl (C=O) groups excluding carboxylic acids is 1. The Morgan fingerprint density at radius 2 is 2.00 bits per heavy atom. The van der Waals surface area contributed by atoms with Crippen molar-refractivity contribution in [3.63, 3.8) is 0 Å². The van der Waals surface area contributed by atoms with Crippen LogP contribution in [0.2, 0.25) is 0 Å². The van der Waals surface area contributed by atoms with E-state index in [-0.39, 0.29) is 11.9 Å². The second kappa shape index (κ2) is 10.9. The molecule has 5 nitrogen and oxygen atoms in total. The number of para-hydroxylation sites is 1. The van der Waals surface area contributed by atoms with Gasteiger partial charge in [-0.25, -0.2) is 0 Å². The Morgan fingerprint density at radius 1 is 1.21 bits per heavy atom. The summed E-state index contributed by atoms with van der Waals surface area (Å²) < 4.78 is 5.28. The first kappa shape index (κ1) is 21.2. The van der Waals surface area contributed by atoms with Gasteiger partial charge in [-0.3, -0.25) is 9.69 Å². The van der Waals surface area contributed by atoms with Gasteiger partial charge in [-0.1, -0.05) is 37.1 Å². The third kappa shape index (κ3) is 5.99. The van der Waals surface area contributed by atoms with E-state index in [1.165, 1.54) is 30.2 Å². The number of hydrogen-bond acceptors (Lipinski definition) is 5. The van der Waals surface area contributed by atoms with Gasteiger partial charge in [-0.15, -0.1) is 11.8 Å². The molecule has 0 spiro atoms. The van der Waals surface area contributed by atoms with E-state index in [2.05, 4.69) is 28.4 Å².